The molecule has 21 heavy (non-hydrogen) atoms. The maximum absolute atomic E-state index is 11.5. The van der Waals surface area contributed by atoms with E-state index in [9.17, 15) is 13.5 Å². The topological polar surface area (TPSA) is 72.9 Å². The smallest absolute Gasteiger partial charge is 0.211 e. The SMILES string of the molecule is CC(C)NC1(CO)CCC(N2CCN(S(C)(=O)=O)CC2)C1. The van der Waals surface area contributed by atoms with E-state index in [0.717, 1.165) is 32.4 Å². The van der Waals surface area contributed by atoms with Crippen LogP contribution in [-0.4, -0.2) is 79.4 Å². The van der Waals surface area contributed by atoms with E-state index in [-0.39, 0.29) is 12.1 Å². The third-order valence-corrected chi connectivity index (χ3v) is 6.04. The van der Waals surface area contributed by atoms with Crippen LogP contribution in [0.2, 0.25) is 0 Å². The quantitative estimate of drug-likeness (QED) is 0.737. The van der Waals surface area contributed by atoms with Gasteiger partial charge in [0.05, 0.1) is 12.9 Å². The van der Waals surface area contributed by atoms with Crippen LogP contribution in [0.4, 0.5) is 0 Å². The van der Waals surface area contributed by atoms with Crippen molar-refractivity contribution in [1.29, 1.82) is 0 Å². The standard InChI is InChI=1S/C14H29N3O3S/c1-12(2)15-14(11-18)5-4-13(10-14)16-6-8-17(9-7-16)21(3,19)20/h12-13,15,18H,4-11H2,1-3H3. The van der Waals surface area contributed by atoms with Crippen molar-refractivity contribution >= 4 is 10.0 Å². The minimum absolute atomic E-state index is 0.160. The molecule has 2 rings (SSSR count). The van der Waals surface area contributed by atoms with E-state index in [1.54, 1.807) is 4.31 Å². The van der Waals surface area contributed by atoms with Gasteiger partial charge in [0.2, 0.25) is 10.0 Å². The van der Waals surface area contributed by atoms with Crippen molar-refractivity contribution in [1.82, 2.24) is 14.5 Å². The van der Waals surface area contributed by atoms with Crippen molar-refractivity contribution in [3.8, 4) is 0 Å². The Morgan fingerprint density at radius 3 is 2.38 bits per heavy atom. The maximum Gasteiger partial charge on any atom is 0.211 e. The third-order valence-electron chi connectivity index (χ3n) is 4.74. The van der Waals surface area contributed by atoms with Gasteiger partial charge in [-0.25, -0.2) is 8.42 Å². The number of aliphatic hydroxyl groups excluding tert-OH is 1. The zero-order chi connectivity index (χ0) is 15.7. The van der Waals surface area contributed by atoms with E-state index < -0.39 is 10.0 Å². The van der Waals surface area contributed by atoms with Gasteiger partial charge in [0.25, 0.3) is 0 Å². The molecule has 0 amide bonds. The fraction of sp³-hybridized carbons (Fsp3) is 1.00. The fourth-order valence-corrected chi connectivity index (χ4v) is 4.57. The molecule has 1 aliphatic heterocycles. The van der Waals surface area contributed by atoms with Crippen molar-refractivity contribution in [2.24, 2.45) is 0 Å². The zero-order valence-corrected chi connectivity index (χ0v) is 14.2. The van der Waals surface area contributed by atoms with Gasteiger partial charge in [-0.2, -0.15) is 4.31 Å². The number of sulfonamides is 1. The fourth-order valence-electron chi connectivity index (χ4n) is 3.74. The molecule has 6 nitrogen and oxygen atoms in total. The van der Waals surface area contributed by atoms with Crippen LogP contribution in [0.3, 0.4) is 0 Å². The van der Waals surface area contributed by atoms with Gasteiger partial charge in [-0.05, 0) is 19.3 Å². The lowest BCUT2D eigenvalue weighted by molar-refractivity contribution is 0.114. The van der Waals surface area contributed by atoms with Crippen LogP contribution in [0.25, 0.3) is 0 Å². The molecule has 7 heteroatoms. The van der Waals surface area contributed by atoms with Crippen molar-refractivity contribution in [2.45, 2.75) is 50.7 Å². The summed E-state index contributed by atoms with van der Waals surface area (Å²) in [5.74, 6) is 0. The third kappa shape index (κ3) is 4.16. The van der Waals surface area contributed by atoms with Gasteiger partial charge in [-0.3, -0.25) is 4.90 Å². The normalized spacial score (nSPS) is 32.9. The van der Waals surface area contributed by atoms with E-state index in [1.165, 1.54) is 6.26 Å². The van der Waals surface area contributed by atoms with E-state index in [2.05, 4.69) is 24.1 Å². The van der Waals surface area contributed by atoms with E-state index in [4.69, 9.17) is 0 Å². The molecule has 124 valence electrons. The molecule has 2 aliphatic rings. The summed E-state index contributed by atoms with van der Waals surface area (Å²) in [5, 5.41) is 13.3. The summed E-state index contributed by atoms with van der Waals surface area (Å²) in [6, 6.07) is 0.808. The van der Waals surface area contributed by atoms with E-state index >= 15 is 0 Å². The lowest BCUT2D eigenvalue weighted by Gasteiger charge is -2.38. The molecule has 1 heterocycles. The first-order valence-corrected chi connectivity index (χ1v) is 9.68. The summed E-state index contributed by atoms with van der Waals surface area (Å²) in [7, 11) is -3.06. The lowest BCUT2D eigenvalue weighted by Crippen LogP contribution is -2.53. The average Bonchev–Trinajstić information content (AvgIpc) is 2.82. The van der Waals surface area contributed by atoms with Crippen LogP contribution in [-0.2, 0) is 10.0 Å². The van der Waals surface area contributed by atoms with Crippen LogP contribution in [0.15, 0.2) is 0 Å². The van der Waals surface area contributed by atoms with Crippen molar-refractivity contribution in [2.75, 3.05) is 39.0 Å². The lowest BCUT2D eigenvalue weighted by atomic mass is 9.97. The second-order valence-corrected chi connectivity index (χ2v) is 8.81. The number of hydrogen-bond acceptors (Lipinski definition) is 5. The molecule has 1 saturated carbocycles. The van der Waals surface area contributed by atoms with Gasteiger partial charge >= 0.3 is 0 Å². The molecule has 0 bridgehead atoms. The van der Waals surface area contributed by atoms with E-state index in [1.807, 2.05) is 0 Å². The molecule has 0 radical (unpaired) electrons. The molecule has 1 aliphatic carbocycles. The minimum Gasteiger partial charge on any atom is -0.394 e. The monoisotopic (exact) mass is 319 g/mol. The predicted molar refractivity (Wildman–Crippen MR) is 83.7 cm³/mol. The highest BCUT2D eigenvalue weighted by Gasteiger charge is 2.41. The highest BCUT2D eigenvalue weighted by Crippen LogP contribution is 2.33. The van der Waals surface area contributed by atoms with Crippen LogP contribution in [0, 0.1) is 0 Å². The molecule has 0 aromatic carbocycles. The maximum atomic E-state index is 11.5. The summed E-state index contributed by atoms with van der Waals surface area (Å²) >= 11 is 0. The summed E-state index contributed by atoms with van der Waals surface area (Å²) in [5.41, 5.74) is -0.160. The molecule has 0 aromatic heterocycles. The molecule has 0 spiro atoms. The van der Waals surface area contributed by atoms with Crippen LogP contribution < -0.4 is 5.32 Å². The van der Waals surface area contributed by atoms with Gasteiger partial charge in [-0.15, -0.1) is 0 Å². The van der Waals surface area contributed by atoms with Crippen LogP contribution >= 0.6 is 0 Å². The minimum atomic E-state index is -3.06. The Morgan fingerprint density at radius 1 is 1.29 bits per heavy atom. The summed E-state index contributed by atoms with van der Waals surface area (Å²) in [6.07, 6.45) is 4.28. The zero-order valence-electron chi connectivity index (χ0n) is 13.4. The second-order valence-electron chi connectivity index (χ2n) is 6.83. The predicted octanol–water partition coefficient (Wildman–Crippen LogP) is -0.155. The average molecular weight is 319 g/mol. The Balaban J connectivity index is 1.91. The molecular formula is C14H29N3O3S. The highest BCUT2D eigenvalue weighted by molar-refractivity contribution is 7.88. The first-order chi connectivity index (χ1) is 9.76. The van der Waals surface area contributed by atoms with Gasteiger partial charge in [-0.1, -0.05) is 13.8 Å². The number of rotatable bonds is 5. The summed E-state index contributed by atoms with van der Waals surface area (Å²) in [6.45, 7) is 7.14. The van der Waals surface area contributed by atoms with Crippen LogP contribution in [0.1, 0.15) is 33.1 Å². The molecule has 2 N–H and O–H groups in total. The van der Waals surface area contributed by atoms with Crippen molar-refractivity contribution < 1.29 is 13.5 Å². The first kappa shape index (κ1) is 17.1. The Kier molecular flexibility index (Phi) is 5.31. The summed E-state index contributed by atoms with van der Waals surface area (Å²) < 4.78 is 24.7. The molecule has 1 saturated heterocycles. The second kappa shape index (κ2) is 6.50. The molecule has 2 unspecified atom stereocenters. The van der Waals surface area contributed by atoms with Gasteiger partial charge in [0.1, 0.15) is 0 Å². The molecular weight excluding hydrogens is 290 g/mol. The first-order valence-electron chi connectivity index (χ1n) is 7.83. The Hall–Kier alpha value is -0.210. The number of nitrogens with one attached hydrogen (secondary N) is 1. The van der Waals surface area contributed by atoms with E-state index in [0.29, 0.717) is 25.2 Å². The highest BCUT2D eigenvalue weighted by atomic mass is 32.2. The van der Waals surface area contributed by atoms with Gasteiger partial charge in [0.15, 0.2) is 0 Å². The van der Waals surface area contributed by atoms with Crippen LogP contribution in [0.5, 0.6) is 0 Å². The number of aliphatic hydroxyl groups is 1. The molecule has 2 atom stereocenters. The van der Waals surface area contributed by atoms with Crippen molar-refractivity contribution in [3.63, 3.8) is 0 Å². The number of hydrogen-bond donors (Lipinski definition) is 2. The Labute approximate surface area is 128 Å². The number of piperazine rings is 1. The summed E-state index contributed by atoms with van der Waals surface area (Å²) in [4.78, 5) is 2.39. The van der Waals surface area contributed by atoms with Crippen molar-refractivity contribution in [3.05, 3.63) is 0 Å². The molecule has 2 fully saturated rings. The molecule has 0 aromatic rings. The Bertz CT molecular complexity index is 446. The Morgan fingerprint density at radius 2 is 1.90 bits per heavy atom. The number of nitrogens with zero attached hydrogens (tertiary/aromatic N) is 2. The van der Waals surface area contributed by atoms with Gasteiger partial charge in [0, 0.05) is 43.8 Å². The largest absolute Gasteiger partial charge is 0.394 e. The van der Waals surface area contributed by atoms with Gasteiger partial charge < -0.3 is 10.4 Å².